The highest BCUT2D eigenvalue weighted by Gasteiger charge is 2.61. The molecule has 2 saturated carbocycles. The number of hydrogen-bond donors (Lipinski definition) is 0. The lowest BCUT2D eigenvalue weighted by molar-refractivity contribution is -0.150. The Kier molecular flexibility index (Phi) is 6.99. The van der Waals surface area contributed by atoms with Crippen molar-refractivity contribution in [3.63, 3.8) is 0 Å². The summed E-state index contributed by atoms with van der Waals surface area (Å²) < 4.78 is 5.75. The van der Waals surface area contributed by atoms with Crippen molar-refractivity contribution in [3.8, 4) is 0 Å². The maximum Gasteiger partial charge on any atom is 0.302 e. The molecule has 0 aromatic heterocycles. The molecule has 4 rings (SSSR count). The fourth-order valence-corrected chi connectivity index (χ4v) is 8.96. The Bertz CT molecular complexity index is 923. The molecule has 0 aliphatic heterocycles. The summed E-state index contributed by atoms with van der Waals surface area (Å²) in [5.74, 6) is 3.09. The van der Waals surface area contributed by atoms with E-state index in [1.165, 1.54) is 44.6 Å². The van der Waals surface area contributed by atoms with E-state index in [9.17, 15) is 9.59 Å². The molecule has 0 aromatic carbocycles. The van der Waals surface area contributed by atoms with Gasteiger partial charge in [0.15, 0.2) is 5.78 Å². The second-order valence-electron chi connectivity index (χ2n) is 14.2. The number of rotatable bonds is 6. The smallest absolute Gasteiger partial charge is 0.302 e. The fourth-order valence-electron chi connectivity index (χ4n) is 8.96. The molecule has 0 saturated heterocycles. The Morgan fingerprint density at radius 2 is 1.80 bits per heavy atom. The van der Waals surface area contributed by atoms with Gasteiger partial charge in [0.05, 0.1) is 0 Å². The van der Waals surface area contributed by atoms with Crippen molar-refractivity contribution >= 4 is 11.8 Å². The molecule has 2 fully saturated rings. The van der Waals surface area contributed by atoms with Gasteiger partial charge in [0.1, 0.15) is 6.10 Å². The lowest BCUT2D eigenvalue weighted by Crippen LogP contribution is -2.51. The number of fused-ring (bicyclic) bond motifs is 5. The minimum atomic E-state index is -0.229. The van der Waals surface area contributed by atoms with Crippen molar-refractivity contribution in [2.24, 2.45) is 51.8 Å². The van der Waals surface area contributed by atoms with Gasteiger partial charge in [-0.1, -0.05) is 73.5 Å². The Morgan fingerprint density at radius 1 is 1.11 bits per heavy atom. The van der Waals surface area contributed by atoms with Gasteiger partial charge in [0, 0.05) is 23.8 Å². The first-order chi connectivity index (χ1) is 16.2. The van der Waals surface area contributed by atoms with Gasteiger partial charge in [-0.3, -0.25) is 9.59 Å². The molecule has 4 aliphatic carbocycles. The van der Waals surface area contributed by atoms with Crippen LogP contribution in [-0.2, 0) is 14.3 Å². The number of carbonyl (C=O) groups is 2. The highest BCUT2D eigenvalue weighted by atomic mass is 16.5. The number of carbonyl (C=O) groups excluding carboxylic acids is 2. The van der Waals surface area contributed by atoms with Crippen LogP contribution in [0, 0.1) is 51.8 Å². The molecule has 8 atom stereocenters. The standard InChI is InChI=1S/C32H50O3/c1-19(2)10-11-21(4)30(6,7)29-13-12-24-23-17-27(34)26-16-20(3)28(35-22(5)33)18-32(26,9)25(23)14-15-31(24,29)8/h16-17,19-21,24-25,28-29H,10-15,18H2,1-9H3/t20-,21+,24?,25?,28-,29+,31-,32+/m0/s1. The average molecular weight is 483 g/mol. The van der Waals surface area contributed by atoms with Gasteiger partial charge >= 0.3 is 5.97 Å². The minimum absolute atomic E-state index is 0.0821. The summed E-state index contributed by atoms with van der Waals surface area (Å²) in [5, 5.41) is 0. The third kappa shape index (κ3) is 4.37. The summed E-state index contributed by atoms with van der Waals surface area (Å²) in [4.78, 5) is 25.3. The average Bonchev–Trinajstić information content (AvgIpc) is 3.11. The van der Waals surface area contributed by atoms with E-state index in [4.69, 9.17) is 4.74 Å². The van der Waals surface area contributed by atoms with E-state index in [1.807, 2.05) is 0 Å². The molecule has 0 heterocycles. The molecule has 3 nitrogen and oxygen atoms in total. The molecule has 0 bridgehead atoms. The molecule has 35 heavy (non-hydrogen) atoms. The monoisotopic (exact) mass is 482 g/mol. The van der Waals surface area contributed by atoms with Gasteiger partial charge < -0.3 is 4.74 Å². The van der Waals surface area contributed by atoms with Gasteiger partial charge in [0.25, 0.3) is 0 Å². The van der Waals surface area contributed by atoms with Crippen LogP contribution < -0.4 is 0 Å². The van der Waals surface area contributed by atoms with Crippen molar-refractivity contribution < 1.29 is 14.3 Å². The second-order valence-corrected chi connectivity index (χ2v) is 14.2. The topological polar surface area (TPSA) is 43.4 Å². The quantitative estimate of drug-likeness (QED) is 0.361. The maximum atomic E-state index is 13.5. The fraction of sp³-hybridized carbons (Fsp3) is 0.812. The van der Waals surface area contributed by atoms with Crippen molar-refractivity contribution in [3.05, 3.63) is 23.3 Å². The van der Waals surface area contributed by atoms with Crippen LogP contribution in [0.1, 0.15) is 107 Å². The molecule has 0 spiro atoms. The van der Waals surface area contributed by atoms with Crippen LogP contribution in [0.5, 0.6) is 0 Å². The first-order valence-corrected chi connectivity index (χ1v) is 14.4. The summed E-state index contributed by atoms with van der Waals surface area (Å²) in [6.45, 7) is 20.6. The van der Waals surface area contributed by atoms with Crippen molar-refractivity contribution in [1.82, 2.24) is 0 Å². The van der Waals surface area contributed by atoms with Gasteiger partial charge in [-0.2, -0.15) is 0 Å². The van der Waals surface area contributed by atoms with Crippen molar-refractivity contribution in [2.45, 2.75) is 113 Å². The number of esters is 1. The first kappa shape index (κ1) is 26.7. The van der Waals surface area contributed by atoms with Crippen LogP contribution in [0.4, 0.5) is 0 Å². The third-order valence-corrected chi connectivity index (χ3v) is 11.4. The predicted molar refractivity (Wildman–Crippen MR) is 143 cm³/mol. The summed E-state index contributed by atoms with van der Waals surface area (Å²) >= 11 is 0. The number of ether oxygens (including phenoxy) is 1. The van der Waals surface area contributed by atoms with Crippen LogP contribution in [0.3, 0.4) is 0 Å². The molecule has 0 aromatic rings. The molecular formula is C32H50O3. The van der Waals surface area contributed by atoms with Gasteiger partial charge in [-0.05, 0) is 85.0 Å². The molecule has 4 aliphatic rings. The van der Waals surface area contributed by atoms with Gasteiger partial charge in [-0.15, -0.1) is 0 Å². The second kappa shape index (κ2) is 9.18. The summed E-state index contributed by atoms with van der Waals surface area (Å²) in [6, 6.07) is 0. The molecule has 196 valence electrons. The molecule has 0 amide bonds. The van der Waals surface area contributed by atoms with E-state index in [0.717, 1.165) is 24.3 Å². The first-order valence-electron chi connectivity index (χ1n) is 14.4. The number of hydrogen-bond acceptors (Lipinski definition) is 3. The zero-order valence-corrected chi connectivity index (χ0v) is 23.9. The van der Waals surface area contributed by atoms with E-state index in [-0.39, 0.29) is 34.6 Å². The predicted octanol–water partition coefficient (Wildman–Crippen LogP) is 7.94. The summed E-state index contributed by atoms with van der Waals surface area (Å²) in [6.07, 6.45) is 12.2. The van der Waals surface area contributed by atoms with Gasteiger partial charge in [-0.25, -0.2) is 0 Å². The highest BCUT2D eigenvalue weighted by molar-refractivity contribution is 6.07. The molecule has 0 radical (unpaired) electrons. The lowest BCUT2D eigenvalue weighted by Gasteiger charge is -2.57. The summed E-state index contributed by atoms with van der Waals surface area (Å²) in [7, 11) is 0. The lowest BCUT2D eigenvalue weighted by atomic mass is 9.47. The van der Waals surface area contributed by atoms with Crippen LogP contribution >= 0.6 is 0 Å². The Hall–Kier alpha value is -1.38. The van der Waals surface area contributed by atoms with E-state index < -0.39 is 0 Å². The Morgan fingerprint density at radius 3 is 2.43 bits per heavy atom. The van der Waals surface area contributed by atoms with Gasteiger partial charge in [0.2, 0.25) is 0 Å². The van der Waals surface area contributed by atoms with Crippen LogP contribution in [-0.4, -0.2) is 17.9 Å². The van der Waals surface area contributed by atoms with Crippen LogP contribution in [0.25, 0.3) is 0 Å². The normalized spacial score (nSPS) is 39.8. The van der Waals surface area contributed by atoms with Crippen LogP contribution in [0.15, 0.2) is 23.3 Å². The molecule has 2 unspecified atom stereocenters. The van der Waals surface area contributed by atoms with Crippen molar-refractivity contribution in [1.29, 1.82) is 0 Å². The number of ketones is 1. The van der Waals surface area contributed by atoms with Crippen LogP contribution in [0.2, 0.25) is 0 Å². The zero-order valence-electron chi connectivity index (χ0n) is 23.9. The van der Waals surface area contributed by atoms with E-state index >= 15 is 0 Å². The molecule has 3 heteroatoms. The van der Waals surface area contributed by atoms with E-state index in [0.29, 0.717) is 29.1 Å². The van der Waals surface area contributed by atoms with E-state index in [1.54, 1.807) is 0 Å². The Labute approximate surface area is 214 Å². The largest absolute Gasteiger partial charge is 0.462 e. The zero-order chi connectivity index (χ0) is 25.9. The SMILES string of the molecule is CC(=O)O[C@H]1C[C@@]2(C)C(=C[C@@H]1C)C(=O)C=C1C2CC[C@@]2(C)C1CC[C@@H]2C(C)(C)[C@H](C)CCC(C)C. The highest BCUT2D eigenvalue weighted by Crippen LogP contribution is 2.68. The minimum Gasteiger partial charge on any atom is -0.462 e. The molecule has 0 N–H and O–H groups in total. The molecular weight excluding hydrogens is 432 g/mol. The third-order valence-electron chi connectivity index (χ3n) is 11.4. The van der Waals surface area contributed by atoms with E-state index in [2.05, 4.69) is 67.5 Å². The Balaban J connectivity index is 1.64. The maximum absolute atomic E-state index is 13.5. The number of allylic oxidation sites excluding steroid dienone is 3. The summed E-state index contributed by atoms with van der Waals surface area (Å²) in [5.41, 5.74) is 2.72. The van der Waals surface area contributed by atoms with Crippen molar-refractivity contribution in [2.75, 3.05) is 0 Å².